The molecule has 4 heterocycles. The molecule has 8 nitrogen and oxygen atoms in total. The maximum Gasteiger partial charge on any atom is 0.326 e. The fourth-order valence-corrected chi connectivity index (χ4v) is 4.19. The second kappa shape index (κ2) is 8.88. The van der Waals surface area contributed by atoms with E-state index in [1.165, 1.54) is 11.3 Å². The minimum absolute atomic E-state index is 0.260. The van der Waals surface area contributed by atoms with Gasteiger partial charge in [-0.2, -0.15) is 0 Å². The van der Waals surface area contributed by atoms with E-state index in [0.717, 1.165) is 27.3 Å². The standard InChI is InChI=1S/C18H16FN7OS2/c19-8-11-2-1-3-14(24-11)25-17(27)26-18-21-9-12(29-18)4-6-20-16-15-13(5-7-28-15)22-10-23-16/h1-3,5,7,9-10H,4,6,8H2,(H,20,22,23)(H2,21,24,25,26,27). The first kappa shape index (κ1) is 19.2. The van der Waals surface area contributed by atoms with E-state index in [1.54, 1.807) is 42.1 Å². The van der Waals surface area contributed by atoms with Gasteiger partial charge in [-0.25, -0.2) is 29.1 Å². The Labute approximate surface area is 173 Å². The molecule has 0 aromatic carbocycles. The van der Waals surface area contributed by atoms with Crippen LogP contribution in [0, 0.1) is 0 Å². The third-order valence-corrected chi connectivity index (χ3v) is 5.75. The van der Waals surface area contributed by atoms with Gasteiger partial charge in [-0.1, -0.05) is 6.07 Å². The summed E-state index contributed by atoms with van der Waals surface area (Å²) in [6, 6.07) is 6.26. The number of carbonyl (C=O) groups is 1. The molecule has 0 atom stereocenters. The zero-order valence-corrected chi connectivity index (χ0v) is 16.7. The highest BCUT2D eigenvalue weighted by Crippen LogP contribution is 2.25. The lowest BCUT2D eigenvalue weighted by atomic mass is 10.3. The summed E-state index contributed by atoms with van der Waals surface area (Å²) in [6.07, 6.45) is 4.01. The normalized spacial score (nSPS) is 10.8. The summed E-state index contributed by atoms with van der Waals surface area (Å²) < 4.78 is 13.7. The van der Waals surface area contributed by atoms with Crippen LogP contribution in [0.25, 0.3) is 10.2 Å². The van der Waals surface area contributed by atoms with E-state index in [1.807, 2.05) is 11.4 Å². The molecule has 0 unspecified atom stereocenters. The van der Waals surface area contributed by atoms with Crippen LogP contribution in [0.15, 0.2) is 42.2 Å². The Bertz CT molecular complexity index is 1130. The van der Waals surface area contributed by atoms with Crippen molar-refractivity contribution in [2.24, 2.45) is 0 Å². The average molecular weight is 430 g/mol. The van der Waals surface area contributed by atoms with Gasteiger partial charge in [-0.05, 0) is 23.6 Å². The van der Waals surface area contributed by atoms with Gasteiger partial charge in [0.15, 0.2) is 5.13 Å². The maximum atomic E-state index is 12.7. The molecule has 3 N–H and O–H groups in total. The first-order valence-corrected chi connectivity index (χ1v) is 10.4. The Hall–Kier alpha value is -3.18. The molecule has 148 valence electrons. The number of hydrogen-bond acceptors (Lipinski definition) is 8. The van der Waals surface area contributed by atoms with Gasteiger partial charge in [0.05, 0.1) is 15.9 Å². The van der Waals surface area contributed by atoms with Gasteiger partial charge in [0, 0.05) is 24.0 Å². The SMILES string of the molecule is O=C(Nc1cccc(CF)n1)Nc1ncc(CCNc2ncnc3ccsc23)s1. The minimum Gasteiger partial charge on any atom is -0.368 e. The Morgan fingerprint density at radius 1 is 1.14 bits per heavy atom. The second-order valence-electron chi connectivity index (χ2n) is 5.89. The molecule has 0 saturated carbocycles. The average Bonchev–Trinajstić information content (AvgIpc) is 3.38. The summed E-state index contributed by atoms with van der Waals surface area (Å²) in [4.78, 5) is 29.8. The van der Waals surface area contributed by atoms with Gasteiger partial charge in [-0.15, -0.1) is 22.7 Å². The number of nitrogens with one attached hydrogen (secondary N) is 3. The predicted molar refractivity (Wildman–Crippen MR) is 113 cm³/mol. The van der Waals surface area contributed by atoms with Crippen molar-refractivity contribution in [2.45, 2.75) is 13.1 Å². The molecule has 0 aliphatic carbocycles. The van der Waals surface area contributed by atoms with Crippen molar-refractivity contribution in [2.75, 3.05) is 22.5 Å². The summed E-state index contributed by atoms with van der Waals surface area (Å²) >= 11 is 2.98. The molecule has 0 saturated heterocycles. The quantitative estimate of drug-likeness (QED) is 0.404. The first-order valence-electron chi connectivity index (χ1n) is 8.68. The lowest BCUT2D eigenvalue weighted by Gasteiger charge is -2.05. The Morgan fingerprint density at radius 2 is 2.07 bits per heavy atom. The van der Waals surface area contributed by atoms with E-state index in [0.29, 0.717) is 11.7 Å². The van der Waals surface area contributed by atoms with Crippen LogP contribution in [-0.4, -0.2) is 32.5 Å². The van der Waals surface area contributed by atoms with Crippen LogP contribution in [0.3, 0.4) is 0 Å². The Kier molecular flexibility index (Phi) is 5.86. The zero-order chi connectivity index (χ0) is 20.1. The molecule has 0 fully saturated rings. The molecule has 29 heavy (non-hydrogen) atoms. The third-order valence-electron chi connectivity index (χ3n) is 3.87. The van der Waals surface area contributed by atoms with Crippen molar-refractivity contribution in [3.63, 3.8) is 0 Å². The maximum absolute atomic E-state index is 12.7. The largest absolute Gasteiger partial charge is 0.368 e. The van der Waals surface area contributed by atoms with E-state index in [4.69, 9.17) is 0 Å². The van der Waals surface area contributed by atoms with E-state index in [9.17, 15) is 9.18 Å². The van der Waals surface area contributed by atoms with Gasteiger partial charge < -0.3 is 5.32 Å². The van der Waals surface area contributed by atoms with Gasteiger partial charge >= 0.3 is 6.03 Å². The third kappa shape index (κ3) is 4.81. The van der Waals surface area contributed by atoms with Crippen LogP contribution in [0.1, 0.15) is 10.6 Å². The van der Waals surface area contributed by atoms with E-state index in [2.05, 4.69) is 35.9 Å². The molecule has 0 aliphatic rings. The lowest BCUT2D eigenvalue weighted by molar-refractivity contribution is 0.262. The van der Waals surface area contributed by atoms with Crippen molar-refractivity contribution in [3.8, 4) is 0 Å². The van der Waals surface area contributed by atoms with Gasteiger partial charge in [0.25, 0.3) is 0 Å². The van der Waals surface area contributed by atoms with E-state index < -0.39 is 12.7 Å². The molecule has 0 bridgehead atoms. The molecule has 2 amide bonds. The van der Waals surface area contributed by atoms with Crippen LogP contribution < -0.4 is 16.0 Å². The Balaban J connectivity index is 1.29. The number of carbonyl (C=O) groups excluding carboxylic acids is 1. The van der Waals surface area contributed by atoms with Crippen molar-refractivity contribution in [1.29, 1.82) is 0 Å². The number of anilines is 3. The summed E-state index contributed by atoms with van der Waals surface area (Å²) in [5, 5.41) is 11.0. The first-order chi connectivity index (χ1) is 14.2. The highest BCUT2D eigenvalue weighted by molar-refractivity contribution is 7.17. The summed E-state index contributed by atoms with van der Waals surface area (Å²) in [6.45, 7) is -0.00812. The molecule has 4 aromatic heterocycles. The van der Waals surface area contributed by atoms with Gasteiger partial charge in [0.1, 0.15) is 24.6 Å². The fraction of sp³-hybridized carbons (Fsp3) is 0.167. The summed E-state index contributed by atoms with van der Waals surface area (Å²) in [5.41, 5.74) is 1.18. The van der Waals surface area contributed by atoms with Crippen LogP contribution in [0.4, 0.5) is 26.0 Å². The number of alkyl halides is 1. The lowest BCUT2D eigenvalue weighted by Crippen LogP contribution is -2.20. The summed E-state index contributed by atoms with van der Waals surface area (Å²) in [5.74, 6) is 1.10. The fourth-order valence-electron chi connectivity index (χ4n) is 2.57. The molecule has 0 spiro atoms. The van der Waals surface area contributed by atoms with Crippen molar-refractivity contribution < 1.29 is 9.18 Å². The number of rotatable bonds is 7. The van der Waals surface area contributed by atoms with E-state index in [-0.39, 0.29) is 11.5 Å². The number of thiazole rings is 1. The smallest absolute Gasteiger partial charge is 0.326 e. The zero-order valence-electron chi connectivity index (χ0n) is 15.1. The molecule has 0 radical (unpaired) electrons. The van der Waals surface area contributed by atoms with E-state index >= 15 is 0 Å². The Morgan fingerprint density at radius 3 is 2.97 bits per heavy atom. The number of urea groups is 1. The highest BCUT2D eigenvalue weighted by atomic mass is 32.1. The highest BCUT2D eigenvalue weighted by Gasteiger charge is 2.09. The minimum atomic E-state index is -0.686. The van der Waals surface area contributed by atoms with Crippen LogP contribution in [0.5, 0.6) is 0 Å². The topological polar surface area (TPSA) is 105 Å². The number of thiophene rings is 1. The monoisotopic (exact) mass is 429 g/mol. The molecule has 11 heteroatoms. The number of halogens is 1. The molecule has 4 rings (SSSR count). The van der Waals surface area contributed by atoms with Crippen molar-refractivity contribution in [3.05, 3.63) is 52.7 Å². The van der Waals surface area contributed by atoms with Crippen molar-refractivity contribution in [1.82, 2.24) is 19.9 Å². The summed E-state index contributed by atoms with van der Waals surface area (Å²) in [7, 11) is 0. The number of aromatic nitrogens is 4. The number of pyridine rings is 1. The molecular weight excluding hydrogens is 413 g/mol. The number of amides is 2. The number of fused-ring (bicyclic) bond motifs is 1. The molecule has 0 aliphatic heterocycles. The predicted octanol–water partition coefficient (Wildman–Crippen LogP) is 4.31. The number of nitrogens with zero attached hydrogens (tertiary/aromatic N) is 4. The van der Waals surface area contributed by atoms with Gasteiger partial charge in [0.2, 0.25) is 0 Å². The second-order valence-corrected chi connectivity index (χ2v) is 7.92. The van der Waals surface area contributed by atoms with Crippen molar-refractivity contribution >= 4 is 55.7 Å². The van der Waals surface area contributed by atoms with Crippen LogP contribution in [0.2, 0.25) is 0 Å². The molecule has 4 aromatic rings. The van der Waals surface area contributed by atoms with Crippen LogP contribution in [-0.2, 0) is 13.1 Å². The number of hydrogen-bond donors (Lipinski definition) is 3. The van der Waals surface area contributed by atoms with Gasteiger partial charge in [-0.3, -0.25) is 10.6 Å². The molecular formula is C18H16FN7OS2. The van der Waals surface area contributed by atoms with Crippen LogP contribution >= 0.6 is 22.7 Å².